The Morgan fingerprint density at radius 2 is 1.64 bits per heavy atom. The molecule has 25 heavy (non-hydrogen) atoms. The molecule has 0 heterocycles. The topological polar surface area (TPSA) is 29.5 Å². The van der Waals surface area contributed by atoms with Crippen LogP contribution in [0.1, 0.15) is 73.8 Å². The lowest BCUT2D eigenvalue weighted by atomic mass is 9.91. The Bertz CT molecular complexity index is 427. The maximum atomic E-state index is 11.4. The number of hydrogen-bond donors (Lipinski definition) is 0. The zero-order valence-electron chi connectivity index (χ0n) is 16.1. The predicted molar refractivity (Wildman–Crippen MR) is 112 cm³/mol. The zero-order valence-corrected chi connectivity index (χ0v) is 16.1. The Morgan fingerprint density at radius 1 is 1.12 bits per heavy atom. The van der Waals surface area contributed by atoms with Crippen LogP contribution in [0.2, 0.25) is 0 Å². The largest absolute Gasteiger partial charge is 0.464 e. The number of rotatable bonds is 7. The number of carbonyl (C=O) groups excluding carboxylic acids is 1. The van der Waals surface area contributed by atoms with Gasteiger partial charge in [-0.05, 0) is 52.3 Å². The molecular weight excluding hydrogens is 310 g/mol. The summed E-state index contributed by atoms with van der Waals surface area (Å²) in [6.45, 7) is 11.6. The fraction of sp³-hybridized carbons (Fsp3) is 0.682. The first-order valence-electron chi connectivity index (χ1n) is 8.61. The second kappa shape index (κ2) is 14.9. The molecule has 1 aromatic carbocycles. The molecule has 1 aromatic rings. The molecule has 0 radical (unpaired) electrons. The SMILES string of the molecule is C.C.CCC(C)(C)C(=O)OCCN(C)C.CCC(C)c1ccccc1. The van der Waals surface area contributed by atoms with Gasteiger partial charge in [-0.2, -0.15) is 0 Å². The minimum Gasteiger partial charge on any atom is -0.464 e. The lowest BCUT2D eigenvalue weighted by molar-refractivity contribution is -0.154. The van der Waals surface area contributed by atoms with Crippen molar-refractivity contribution >= 4 is 5.97 Å². The molecule has 0 aromatic heterocycles. The van der Waals surface area contributed by atoms with Gasteiger partial charge in [-0.1, -0.05) is 66.0 Å². The summed E-state index contributed by atoms with van der Waals surface area (Å²) in [5.74, 6) is 0.609. The smallest absolute Gasteiger partial charge is 0.311 e. The van der Waals surface area contributed by atoms with Crippen molar-refractivity contribution in [1.82, 2.24) is 4.90 Å². The van der Waals surface area contributed by atoms with E-state index in [0.717, 1.165) is 13.0 Å². The maximum absolute atomic E-state index is 11.4. The van der Waals surface area contributed by atoms with Crippen molar-refractivity contribution in [3.05, 3.63) is 35.9 Å². The Labute approximate surface area is 157 Å². The number of benzene rings is 1. The average molecular weight is 354 g/mol. The second-order valence-electron chi connectivity index (χ2n) is 6.90. The van der Waals surface area contributed by atoms with Crippen molar-refractivity contribution < 1.29 is 9.53 Å². The normalized spacial score (nSPS) is 11.4. The van der Waals surface area contributed by atoms with E-state index in [1.807, 2.05) is 39.8 Å². The Balaban J connectivity index is -0.000000367. The predicted octanol–water partition coefficient (Wildman–Crippen LogP) is 6.00. The molecule has 3 nitrogen and oxygen atoms in total. The quantitative estimate of drug-likeness (QED) is 0.563. The zero-order chi connectivity index (χ0) is 17.9. The third-order valence-electron chi connectivity index (χ3n) is 4.19. The summed E-state index contributed by atoms with van der Waals surface area (Å²) in [7, 11) is 3.91. The summed E-state index contributed by atoms with van der Waals surface area (Å²) in [5.41, 5.74) is 1.11. The second-order valence-corrected chi connectivity index (χ2v) is 6.90. The van der Waals surface area contributed by atoms with E-state index in [2.05, 4.69) is 44.2 Å². The molecular formula is C22H43NO2. The minimum absolute atomic E-state index is 0. The molecule has 0 spiro atoms. The minimum atomic E-state index is -0.341. The van der Waals surface area contributed by atoms with Crippen LogP contribution in [0.15, 0.2) is 30.3 Å². The first-order valence-corrected chi connectivity index (χ1v) is 8.61. The highest BCUT2D eigenvalue weighted by molar-refractivity contribution is 5.75. The number of hydrogen-bond acceptors (Lipinski definition) is 3. The van der Waals surface area contributed by atoms with Crippen LogP contribution >= 0.6 is 0 Å². The summed E-state index contributed by atoms with van der Waals surface area (Å²) in [5, 5.41) is 0. The van der Waals surface area contributed by atoms with Crippen LogP contribution in [0.4, 0.5) is 0 Å². The van der Waals surface area contributed by atoms with Crippen molar-refractivity contribution in [2.75, 3.05) is 27.2 Å². The van der Waals surface area contributed by atoms with Crippen molar-refractivity contribution in [3.63, 3.8) is 0 Å². The highest BCUT2D eigenvalue weighted by atomic mass is 16.5. The van der Waals surface area contributed by atoms with Crippen LogP contribution in [-0.2, 0) is 9.53 Å². The van der Waals surface area contributed by atoms with Gasteiger partial charge >= 0.3 is 5.97 Å². The van der Waals surface area contributed by atoms with E-state index in [4.69, 9.17) is 4.74 Å². The van der Waals surface area contributed by atoms with Gasteiger partial charge in [0.2, 0.25) is 0 Å². The van der Waals surface area contributed by atoms with Gasteiger partial charge in [-0.15, -0.1) is 0 Å². The van der Waals surface area contributed by atoms with Crippen LogP contribution in [-0.4, -0.2) is 38.1 Å². The summed E-state index contributed by atoms with van der Waals surface area (Å²) < 4.78 is 5.13. The van der Waals surface area contributed by atoms with Crippen LogP contribution in [0.3, 0.4) is 0 Å². The molecule has 1 rings (SSSR count). The highest BCUT2D eigenvalue weighted by Crippen LogP contribution is 2.21. The molecule has 0 aliphatic rings. The average Bonchev–Trinajstić information content (AvgIpc) is 2.55. The summed E-state index contributed by atoms with van der Waals surface area (Å²) >= 11 is 0. The molecule has 0 N–H and O–H groups in total. The van der Waals surface area contributed by atoms with E-state index in [-0.39, 0.29) is 26.2 Å². The Morgan fingerprint density at radius 3 is 2.04 bits per heavy atom. The fourth-order valence-corrected chi connectivity index (χ4v) is 1.68. The number of carbonyl (C=O) groups is 1. The van der Waals surface area contributed by atoms with E-state index in [0.29, 0.717) is 12.5 Å². The van der Waals surface area contributed by atoms with Gasteiger partial charge in [-0.3, -0.25) is 4.79 Å². The van der Waals surface area contributed by atoms with Crippen LogP contribution in [0.5, 0.6) is 0 Å². The maximum Gasteiger partial charge on any atom is 0.311 e. The van der Waals surface area contributed by atoms with Crippen molar-refractivity contribution in [2.24, 2.45) is 5.41 Å². The van der Waals surface area contributed by atoms with Crippen molar-refractivity contribution in [2.45, 2.75) is 68.2 Å². The highest BCUT2D eigenvalue weighted by Gasteiger charge is 2.26. The molecule has 0 amide bonds. The number of likely N-dealkylation sites (N-methyl/N-ethyl adjacent to an activating group) is 1. The Hall–Kier alpha value is -1.35. The number of esters is 1. The van der Waals surface area contributed by atoms with Crippen LogP contribution in [0.25, 0.3) is 0 Å². The molecule has 0 fully saturated rings. The molecule has 0 aliphatic carbocycles. The van der Waals surface area contributed by atoms with E-state index in [9.17, 15) is 4.79 Å². The monoisotopic (exact) mass is 353 g/mol. The van der Waals surface area contributed by atoms with Gasteiger partial charge < -0.3 is 9.64 Å². The van der Waals surface area contributed by atoms with Crippen molar-refractivity contribution in [1.29, 1.82) is 0 Å². The van der Waals surface area contributed by atoms with Gasteiger partial charge in [-0.25, -0.2) is 0 Å². The third-order valence-corrected chi connectivity index (χ3v) is 4.19. The standard InChI is InChI=1S/C10H21NO2.C10H14.2CH4/c1-6-10(2,3)9(12)13-8-7-11(4)5;1-3-9(2)10-7-5-4-6-8-10;;/h6-8H2,1-5H3;4-9H,3H2,1-2H3;2*1H4. The first-order chi connectivity index (χ1) is 10.7. The van der Waals surface area contributed by atoms with E-state index in [1.165, 1.54) is 12.0 Å². The molecule has 0 saturated heterocycles. The van der Waals surface area contributed by atoms with Crippen molar-refractivity contribution in [3.8, 4) is 0 Å². The molecule has 3 heteroatoms. The summed E-state index contributed by atoms with van der Waals surface area (Å²) in [6.07, 6.45) is 2.04. The Kier molecular flexibility index (Phi) is 17.0. The molecule has 0 aliphatic heterocycles. The molecule has 0 bridgehead atoms. The van der Waals surface area contributed by atoms with Gasteiger partial charge in [0.25, 0.3) is 0 Å². The molecule has 148 valence electrons. The summed E-state index contributed by atoms with van der Waals surface area (Å²) in [6, 6.07) is 10.6. The summed E-state index contributed by atoms with van der Waals surface area (Å²) in [4.78, 5) is 13.4. The van der Waals surface area contributed by atoms with Gasteiger partial charge in [0, 0.05) is 6.54 Å². The van der Waals surface area contributed by atoms with Gasteiger partial charge in [0.15, 0.2) is 0 Å². The van der Waals surface area contributed by atoms with E-state index in [1.54, 1.807) is 0 Å². The lowest BCUT2D eigenvalue weighted by Crippen LogP contribution is -2.28. The third kappa shape index (κ3) is 12.6. The van der Waals surface area contributed by atoms with Crippen LogP contribution < -0.4 is 0 Å². The lowest BCUT2D eigenvalue weighted by Gasteiger charge is -2.20. The molecule has 1 unspecified atom stereocenters. The number of nitrogens with zero attached hydrogens (tertiary/aromatic N) is 1. The molecule has 1 atom stereocenters. The van der Waals surface area contributed by atoms with Gasteiger partial charge in [0.1, 0.15) is 6.61 Å². The van der Waals surface area contributed by atoms with Gasteiger partial charge in [0.05, 0.1) is 5.41 Å². The molecule has 0 saturated carbocycles. The van der Waals surface area contributed by atoms with E-state index < -0.39 is 0 Å². The van der Waals surface area contributed by atoms with Crippen LogP contribution in [0, 0.1) is 5.41 Å². The number of ether oxygens (including phenoxy) is 1. The first kappa shape index (κ1) is 28.5. The van der Waals surface area contributed by atoms with E-state index >= 15 is 0 Å². The fourth-order valence-electron chi connectivity index (χ4n) is 1.68.